The SMILES string of the molecule is CCC(=O)Nc1cc(C(=O)Nc2ccc(OC)cc2)ccc1OCCCN(C)C. The first kappa shape index (κ1) is 22.2. The van der Waals surface area contributed by atoms with Crippen molar-refractivity contribution in [3.8, 4) is 11.5 Å². The maximum atomic E-state index is 12.6. The molecular weight excluding hydrogens is 370 g/mol. The number of carbonyl (C=O) groups is 2. The number of carbonyl (C=O) groups excluding carboxylic acids is 2. The van der Waals surface area contributed by atoms with E-state index in [-0.39, 0.29) is 11.8 Å². The van der Waals surface area contributed by atoms with Gasteiger partial charge in [0, 0.05) is 24.2 Å². The molecule has 7 nitrogen and oxygen atoms in total. The van der Waals surface area contributed by atoms with Gasteiger partial charge >= 0.3 is 0 Å². The molecule has 0 saturated carbocycles. The Morgan fingerprint density at radius 1 is 1.03 bits per heavy atom. The molecular formula is C22H29N3O4. The van der Waals surface area contributed by atoms with Crippen LogP contribution in [0, 0.1) is 0 Å². The summed E-state index contributed by atoms with van der Waals surface area (Å²) in [6, 6.07) is 12.1. The molecule has 156 valence electrons. The smallest absolute Gasteiger partial charge is 0.255 e. The lowest BCUT2D eigenvalue weighted by atomic mass is 10.1. The number of nitrogens with zero attached hydrogens (tertiary/aromatic N) is 1. The number of anilines is 2. The Morgan fingerprint density at radius 3 is 2.38 bits per heavy atom. The second-order valence-electron chi connectivity index (χ2n) is 6.80. The molecule has 2 aromatic carbocycles. The summed E-state index contributed by atoms with van der Waals surface area (Å²) in [6.45, 7) is 3.19. The van der Waals surface area contributed by atoms with Gasteiger partial charge in [-0.1, -0.05) is 6.92 Å². The Kier molecular flexibility index (Phi) is 8.48. The highest BCUT2D eigenvalue weighted by Crippen LogP contribution is 2.27. The van der Waals surface area contributed by atoms with Gasteiger partial charge in [-0.25, -0.2) is 0 Å². The van der Waals surface area contributed by atoms with Gasteiger partial charge in [-0.2, -0.15) is 0 Å². The highest BCUT2D eigenvalue weighted by Gasteiger charge is 2.13. The summed E-state index contributed by atoms with van der Waals surface area (Å²) in [5, 5.41) is 5.65. The van der Waals surface area contributed by atoms with Gasteiger partial charge in [0.1, 0.15) is 11.5 Å². The van der Waals surface area contributed by atoms with E-state index in [1.54, 1.807) is 56.5 Å². The summed E-state index contributed by atoms with van der Waals surface area (Å²) in [5.41, 5.74) is 1.57. The van der Waals surface area contributed by atoms with Gasteiger partial charge in [0.15, 0.2) is 0 Å². The van der Waals surface area contributed by atoms with Gasteiger partial charge < -0.3 is 25.0 Å². The van der Waals surface area contributed by atoms with Crippen molar-refractivity contribution in [3.63, 3.8) is 0 Å². The highest BCUT2D eigenvalue weighted by atomic mass is 16.5. The minimum absolute atomic E-state index is 0.143. The van der Waals surface area contributed by atoms with Crippen molar-refractivity contribution in [1.29, 1.82) is 0 Å². The van der Waals surface area contributed by atoms with E-state index < -0.39 is 0 Å². The lowest BCUT2D eigenvalue weighted by Gasteiger charge is -2.15. The van der Waals surface area contributed by atoms with E-state index in [2.05, 4.69) is 15.5 Å². The van der Waals surface area contributed by atoms with Gasteiger partial charge in [-0.3, -0.25) is 9.59 Å². The Bertz CT molecular complexity index is 819. The Hall–Kier alpha value is -3.06. The monoisotopic (exact) mass is 399 g/mol. The molecule has 0 aliphatic heterocycles. The van der Waals surface area contributed by atoms with Crippen LogP contribution in [0.15, 0.2) is 42.5 Å². The van der Waals surface area contributed by atoms with Gasteiger partial charge in [0.05, 0.1) is 19.4 Å². The molecule has 0 saturated heterocycles. The summed E-state index contributed by atoms with van der Waals surface area (Å²) in [7, 11) is 5.59. The predicted molar refractivity (Wildman–Crippen MR) is 115 cm³/mol. The van der Waals surface area contributed by atoms with E-state index in [0.717, 1.165) is 13.0 Å². The van der Waals surface area contributed by atoms with Gasteiger partial charge in [-0.15, -0.1) is 0 Å². The number of hydrogen-bond donors (Lipinski definition) is 2. The Morgan fingerprint density at radius 2 is 1.76 bits per heavy atom. The average molecular weight is 399 g/mol. The number of ether oxygens (including phenoxy) is 2. The molecule has 0 aliphatic carbocycles. The van der Waals surface area contributed by atoms with Crippen LogP contribution < -0.4 is 20.1 Å². The topological polar surface area (TPSA) is 79.9 Å². The standard InChI is InChI=1S/C22H29N3O4/c1-5-21(26)24-19-15-16(7-12-20(19)29-14-6-13-25(2)3)22(27)23-17-8-10-18(28-4)11-9-17/h7-12,15H,5-6,13-14H2,1-4H3,(H,23,27)(H,24,26). The first-order valence-corrected chi connectivity index (χ1v) is 9.59. The molecule has 0 aromatic heterocycles. The van der Waals surface area contributed by atoms with Crippen molar-refractivity contribution in [2.24, 2.45) is 0 Å². The van der Waals surface area contributed by atoms with Crippen LogP contribution in [0.1, 0.15) is 30.1 Å². The van der Waals surface area contributed by atoms with Crippen molar-refractivity contribution in [3.05, 3.63) is 48.0 Å². The zero-order chi connectivity index (χ0) is 21.2. The molecule has 0 heterocycles. The highest BCUT2D eigenvalue weighted by molar-refractivity contribution is 6.05. The average Bonchev–Trinajstić information content (AvgIpc) is 2.72. The maximum Gasteiger partial charge on any atom is 0.255 e. The third-order valence-corrected chi connectivity index (χ3v) is 4.19. The van der Waals surface area contributed by atoms with E-state index in [0.29, 0.717) is 41.5 Å². The molecule has 2 rings (SSSR count). The number of rotatable bonds is 10. The predicted octanol–water partition coefficient (Wildman–Crippen LogP) is 3.63. The lowest BCUT2D eigenvalue weighted by molar-refractivity contribution is -0.115. The first-order chi connectivity index (χ1) is 13.9. The zero-order valence-corrected chi connectivity index (χ0v) is 17.5. The fraction of sp³-hybridized carbons (Fsp3) is 0.364. The third-order valence-electron chi connectivity index (χ3n) is 4.19. The molecule has 2 N–H and O–H groups in total. The molecule has 0 bridgehead atoms. The van der Waals surface area contributed by atoms with E-state index in [4.69, 9.17) is 9.47 Å². The zero-order valence-electron chi connectivity index (χ0n) is 17.5. The summed E-state index contributed by atoms with van der Waals surface area (Å²) in [4.78, 5) is 26.6. The minimum Gasteiger partial charge on any atom is -0.497 e. The van der Waals surface area contributed by atoms with Crippen LogP contribution in [-0.2, 0) is 4.79 Å². The Labute approximate surface area is 172 Å². The normalized spacial score (nSPS) is 10.5. The minimum atomic E-state index is -0.277. The van der Waals surface area contributed by atoms with E-state index in [1.165, 1.54) is 0 Å². The largest absolute Gasteiger partial charge is 0.497 e. The van der Waals surface area contributed by atoms with Crippen molar-refractivity contribution in [2.75, 3.05) is 45.0 Å². The number of hydrogen-bond acceptors (Lipinski definition) is 5. The molecule has 2 amide bonds. The van der Waals surface area contributed by atoms with Crippen LogP contribution in [0.3, 0.4) is 0 Å². The number of benzene rings is 2. The summed E-state index contributed by atoms with van der Waals surface area (Å²) in [5.74, 6) is 0.840. The molecule has 2 aromatic rings. The molecule has 0 fully saturated rings. The molecule has 29 heavy (non-hydrogen) atoms. The van der Waals surface area contributed by atoms with Crippen molar-refractivity contribution >= 4 is 23.2 Å². The number of nitrogens with one attached hydrogen (secondary N) is 2. The van der Waals surface area contributed by atoms with Crippen molar-refractivity contribution in [1.82, 2.24) is 4.90 Å². The number of amides is 2. The van der Waals surface area contributed by atoms with E-state index >= 15 is 0 Å². The van der Waals surface area contributed by atoms with Gasteiger partial charge in [0.2, 0.25) is 5.91 Å². The quantitative estimate of drug-likeness (QED) is 0.597. The summed E-state index contributed by atoms with van der Waals surface area (Å²) >= 11 is 0. The van der Waals surface area contributed by atoms with Crippen LogP contribution >= 0.6 is 0 Å². The van der Waals surface area contributed by atoms with E-state index in [9.17, 15) is 9.59 Å². The first-order valence-electron chi connectivity index (χ1n) is 9.59. The second-order valence-corrected chi connectivity index (χ2v) is 6.80. The van der Waals surface area contributed by atoms with Crippen LogP contribution in [0.4, 0.5) is 11.4 Å². The third kappa shape index (κ3) is 7.12. The maximum absolute atomic E-state index is 12.6. The van der Waals surface area contributed by atoms with Crippen molar-refractivity contribution < 1.29 is 19.1 Å². The molecule has 0 radical (unpaired) electrons. The summed E-state index contributed by atoms with van der Waals surface area (Å²) in [6.07, 6.45) is 1.19. The molecule has 0 atom stereocenters. The molecule has 0 spiro atoms. The van der Waals surface area contributed by atoms with Crippen LogP contribution in [-0.4, -0.2) is 51.1 Å². The van der Waals surface area contributed by atoms with E-state index in [1.807, 2.05) is 14.1 Å². The Balaban J connectivity index is 2.12. The van der Waals surface area contributed by atoms with Gasteiger partial charge in [0.25, 0.3) is 5.91 Å². The van der Waals surface area contributed by atoms with Crippen LogP contribution in [0.2, 0.25) is 0 Å². The fourth-order valence-electron chi connectivity index (χ4n) is 2.57. The van der Waals surface area contributed by atoms with Crippen LogP contribution in [0.5, 0.6) is 11.5 Å². The number of methoxy groups -OCH3 is 1. The fourth-order valence-corrected chi connectivity index (χ4v) is 2.57. The summed E-state index contributed by atoms with van der Waals surface area (Å²) < 4.78 is 10.9. The second kappa shape index (κ2) is 11.1. The van der Waals surface area contributed by atoms with Gasteiger partial charge in [-0.05, 0) is 63.0 Å². The molecule has 7 heteroatoms. The molecule has 0 aliphatic rings. The molecule has 0 unspecified atom stereocenters. The van der Waals surface area contributed by atoms with Crippen LogP contribution in [0.25, 0.3) is 0 Å². The van der Waals surface area contributed by atoms with Crippen molar-refractivity contribution in [2.45, 2.75) is 19.8 Å². The lowest BCUT2D eigenvalue weighted by Crippen LogP contribution is -2.17.